The molecule has 0 radical (unpaired) electrons. The number of ketones is 1. The highest BCUT2D eigenvalue weighted by atomic mass is 35.5. The Labute approximate surface area is 127 Å². The monoisotopic (exact) mass is 303 g/mol. The summed E-state index contributed by atoms with van der Waals surface area (Å²) in [5.74, 6) is -0.292. The van der Waals surface area contributed by atoms with Crippen molar-refractivity contribution in [1.29, 1.82) is 0 Å². The second-order valence-corrected chi connectivity index (χ2v) is 5.95. The fourth-order valence-corrected chi connectivity index (χ4v) is 2.86. The summed E-state index contributed by atoms with van der Waals surface area (Å²) in [6.45, 7) is 0. The van der Waals surface area contributed by atoms with E-state index in [-0.39, 0.29) is 18.0 Å². The molecule has 2 N–H and O–H groups in total. The summed E-state index contributed by atoms with van der Waals surface area (Å²) in [7, 11) is 0. The first-order valence-electron chi connectivity index (χ1n) is 6.84. The number of anilines is 1. The number of rotatable bonds is 4. The number of Topliss-reactive ketones (excluding diaryl/α,β-unsaturated/α-hetero) is 1. The molecule has 0 bridgehead atoms. The van der Waals surface area contributed by atoms with E-state index in [0.29, 0.717) is 16.3 Å². The number of halogens is 2. The van der Waals surface area contributed by atoms with E-state index < -0.39 is 5.41 Å². The fraction of sp³-hybridized carbons (Fsp3) is 0.235. The third kappa shape index (κ3) is 2.66. The van der Waals surface area contributed by atoms with Crippen LogP contribution in [0.15, 0.2) is 42.5 Å². The van der Waals surface area contributed by atoms with E-state index in [1.165, 1.54) is 18.2 Å². The Bertz CT molecular complexity index is 692. The van der Waals surface area contributed by atoms with Gasteiger partial charge in [0.2, 0.25) is 0 Å². The van der Waals surface area contributed by atoms with Crippen LogP contribution < -0.4 is 5.73 Å². The molecule has 1 fully saturated rings. The van der Waals surface area contributed by atoms with Crippen LogP contribution in [-0.4, -0.2) is 5.78 Å². The minimum absolute atomic E-state index is 0.0831. The predicted octanol–water partition coefficient (Wildman–Crippen LogP) is 3.90. The molecule has 0 aromatic heterocycles. The average Bonchev–Trinajstić information content (AvgIpc) is 3.25. The molecule has 0 amide bonds. The maximum absolute atomic E-state index is 13.3. The lowest BCUT2D eigenvalue weighted by atomic mass is 9.88. The van der Waals surface area contributed by atoms with Gasteiger partial charge in [0.25, 0.3) is 0 Å². The van der Waals surface area contributed by atoms with Gasteiger partial charge in [-0.15, -0.1) is 0 Å². The normalized spacial score (nSPS) is 15.7. The molecule has 2 aromatic carbocycles. The van der Waals surface area contributed by atoms with Gasteiger partial charge < -0.3 is 5.73 Å². The molecule has 1 aliphatic carbocycles. The first kappa shape index (κ1) is 14.1. The van der Waals surface area contributed by atoms with Crippen LogP contribution in [0.3, 0.4) is 0 Å². The molecule has 0 unspecified atom stereocenters. The van der Waals surface area contributed by atoms with Gasteiger partial charge in [0.05, 0.1) is 5.41 Å². The van der Waals surface area contributed by atoms with Crippen LogP contribution in [-0.2, 0) is 16.6 Å². The van der Waals surface area contributed by atoms with Gasteiger partial charge in [-0.05, 0) is 54.3 Å². The van der Waals surface area contributed by atoms with E-state index in [2.05, 4.69) is 0 Å². The second kappa shape index (κ2) is 5.15. The maximum Gasteiger partial charge on any atom is 0.147 e. The Hall–Kier alpha value is -1.87. The van der Waals surface area contributed by atoms with Crippen molar-refractivity contribution in [3.63, 3.8) is 0 Å². The molecule has 2 aromatic rings. The minimum Gasteiger partial charge on any atom is -0.399 e. The molecule has 3 rings (SSSR count). The highest BCUT2D eigenvalue weighted by Crippen LogP contribution is 2.49. The number of nitrogen functional groups attached to an aromatic ring is 1. The number of carbonyl (C=O) groups excluding carboxylic acids is 1. The second-order valence-electron chi connectivity index (χ2n) is 5.54. The summed E-state index contributed by atoms with van der Waals surface area (Å²) in [5.41, 5.74) is 7.44. The van der Waals surface area contributed by atoms with Crippen LogP contribution in [0, 0.1) is 5.82 Å². The standard InChI is InChI=1S/C17H15ClFNO/c18-15-6-3-13(19)9-11(15)10-16(21)17(7-8-17)12-1-4-14(20)5-2-12/h1-6,9H,7-8,10,20H2. The van der Waals surface area contributed by atoms with Crippen LogP contribution >= 0.6 is 11.6 Å². The number of hydrogen-bond acceptors (Lipinski definition) is 2. The zero-order valence-electron chi connectivity index (χ0n) is 11.4. The van der Waals surface area contributed by atoms with Crippen molar-refractivity contribution in [2.75, 3.05) is 5.73 Å². The number of carbonyl (C=O) groups is 1. The SMILES string of the molecule is Nc1ccc(C2(C(=O)Cc3cc(F)ccc3Cl)CC2)cc1. The molecule has 0 aliphatic heterocycles. The lowest BCUT2D eigenvalue weighted by molar-refractivity contribution is -0.120. The maximum atomic E-state index is 13.3. The van der Waals surface area contributed by atoms with Crippen molar-refractivity contribution in [3.05, 3.63) is 64.4 Å². The molecule has 0 spiro atoms. The summed E-state index contributed by atoms with van der Waals surface area (Å²) in [4.78, 5) is 12.6. The molecule has 1 aliphatic rings. The van der Waals surface area contributed by atoms with Gasteiger partial charge in [0.1, 0.15) is 11.6 Å². The largest absolute Gasteiger partial charge is 0.399 e. The zero-order chi connectivity index (χ0) is 15.0. The van der Waals surface area contributed by atoms with E-state index in [1.807, 2.05) is 12.1 Å². The van der Waals surface area contributed by atoms with E-state index in [4.69, 9.17) is 17.3 Å². The minimum atomic E-state index is -0.441. The number of hydrogen-bond donors (Lipinski definition) is 1. The van der Waals surface area contributed by atoms with Gasteiger partial charge in [-0.1, -0.05) is 23.7 Å². The van der Waals surface area contributed by atoms with Crippen molar-refractivity contribution in [3.8, 4) is 0 Å². The van der Waals surface area contributed by atoms with Crippen LogP contribution in [0.4, 0.5) is 10.1 Å². The highest BCUT2D eigenvalue weighted by Gasteiger charge is 2.50. The van der Waals surface area contributed by atoms with Crippen LogP contribution in [0.1, 0.15) is 24.0 Å². The highest BCUT2D eigenvalue weighted by molar-refractivity contribution is 6.31. The van der Waals surface area contributed by atoms with Crippen molar-refractivity contribution < 1.29 is 9.18 Å². The zero-order valence-corrected chi connectivity index (χ0v) is 12.2. The number of nitrogens with two attached hydrogens (primary N) is 1. The average molecular weight is 304 g/mol. The van der Waals surface area contributed by atoms with Crippen LogP contribution in [0.2, 0.25) is 5.02 Å². The summed E-state index contributed by atoms with van der Waals surface area (Å²) >= 11 is 6.04. The van der Waals surface area contributed by atoms with E-state index in [9.17, 15) is 9.18 Å². The molecule has 2 nitrogen and oxygen atoms in total. The van der Waals surface area contributed by atoms with Gasteiger partial charge in [0.15, 0.2) is 0 Å². The van der Waals surface area contributed by atoms with E-state index in [1.54, 1.807) is 12.1 Å². The molecule has 108 valence electrons. The lowest BCUT2D eigenvalue weighted by Gasteiger charge is -2.15. The van der Waals surface area contributed by atoms with Gasteiger partial charge in [0, 0.05) is 17.1 Å². The number of benzene rings is 2. The van der Waals surface area contributed by atoms with Gasteiger partial charge in [-0.25, -0.2) is 4.39 Å². The smallest absolute Gasteiger partial charge is 0.147 e. The van der Waals surface area contributed by atoms with Crippen molar-refractivity contribution >= 4 is 23.1 Å². The molecule has 1 saturated carbocycles. The first-order chi connectivity index (χ1) is 10.0. The molecule has 0 atom stereocenters. The Morgan fingerprint density at radius 2 is 1.86 bits per heavy atom. The Morgan fingerprint density at radius 1 is 1.19 bits per heavy atom. The topological polar surface area (TPSA) is 43.1 Å². The van der Waals surface area contributed by atoms with Gasteiger partial charge in [-0.2, -0.15) is 0 Å². The molecular formula is C17H15ClFNO. The first-order valence-corrected chi connectivity index (χ1v) is 7.22. The van der Waals surface area contributed by atoms with Crippen molar-refractivity contribution in [2.45, 2.75) is 24.7 Å². The molecule has 0 heterocycles. The van der Waals surface area contributed by atoms with Crippen molar-refractivity contribution in [2.24, 2.45) is 0 Å². The molecule has 21 heavy (non-hydrogen) atoms. The van der Waals surface area contributed by atoms with E-state index in [0.717, 1.165) is 18.4 Å². The Kier molecular flexibility index (Phi) is 3.46. The van der Waals surface area contributed by atoms with Crippen LogP contribution in [0.25, 0.3) is 0 Å². The Balaban J connectivity index is 1.85. The summed E-state index contributed by atoms with van der Waals surface area (Å²) in [6, 6.07) is 11.5. The molecular weight excluding hydrogens is 289 g/mol. The van der Waals surface area contributed by atoms with Gasteiger partial charge in [-0.3, -0.25) is 4.79 Å². The van der Waals surface area contributed by atoms with Crippen molar-refractivity contribution in [1.82, 2.24) is 0 Å². The van der Waals surface area contributed by atoms with E-state index >= 15 is 0 Å². The summed E-state index contributed by atoms with van der Waals surface area (Å²) in [6.07, 6.45) is 1.80. The molecule has 0 saturated heterocycles. The summed E-state index contributed by atoms with van der Waals surface area (Å²) in [5, 5.41) is 0.429. The third-order valence-electron chi connectivity index (χ3n) is 4.11. The van der Waals surface area contributed by atoms with Gasteiger partial charge >= 0.3 is 0 Å². The predicted molar refractivity (Wildman–Crippen MR) is 81.9 cm³/mol. The lowest BCUT2D eigenvalue weighted by Crippen LogP contribution is -2.22. The van der Waals surface area contributed by atoms with Crippen LogP contribution in [0.5, 0.6) is 0 Å². The third-order valence-corrected chi connectivity index (χ3v) is 4.47. The fourth-order valence-electron chi connectivity index (χ4n) is 2.68. The quantitative estimate of drug-likeness (QED) is 0.870. The Morgan fingerprint density at radius 3 is 2.48 bits per heavy atom. The summed E-state index contributed by atoms with van der Waals surface area (Å²) < 4.78 is 13.3. The molecule has 4 heteroatoms.